The van der Waals surface area contributed by atoms with E-state index in [0.29, 0.717) is 6.04 Å². The van der Waals surface area contributed by atoms with Crippen molar-refractivity contribution in [2.45, 2.75) is 32.2 Å². The highest BCUT2D eigenvalue weighted by Gasteiger charge is 2.28. The van der Waals surface area contributed by atoms with Crippen LogP contribution in [0, 0.1) is 11.8 Å². The summed E-state index contributed by atoms with van der Waals surface area (Å²) in [6.07, 6.45) is 4.18. The fourth-order valence-electron chi connectivity index (χ4n) is 3.09. The fraction of sp³-hybridized carbons (Fsp3) is 1.00. The van der Waals surface area contributed by atoms with Gasteiger partial charge in [-0.1, -0.05) is 0 Å². The van der Waals surface area contributed by atoms with Crippen molar-refractivity contribution in [3.63, 3.8) is 0 Å². The smallest absolute Gasteiger partial charge is 0.0139 e. The number of nitrogens with one attached hydrogen (secondary N) is 1. The van der Waals surface area contributed by atoms with Gasteiger partial charge in [-0.25, -0.2) is 0 Å². The van der Waals surface area contributed by atoms with Crippen molar-refractivity contribution < 1.29 is 0 Å². The third-order valence-corrected chi connectivity index (χ3v) is 3.94. The van der Waals surface area contributed by atoms with E-state index < -0.39 is 0 Å². The second-order valence-electron chi connectivity index (χ2n) is 5.37. The first-order chi connectivity index (χ1) is 7.25. The molecular weight excluding hydrogens is 257 g/mol. The van der Waals surface area contributed by atoms with Crippen LogP contribution in [-0.2, 0) is 0 Å². The first-order valence-electron chi connectivity index (χ1n) is 6.44. The summed E-state index contributed by atoms with van der Waals surface area (Å²) in [6.45, 7) is 8.22. The maximum absolute atomic E-state index is 5.83. The summed E-state index contributed by atoms with van der Waals surface area (Å²) in [4.78, 5) is 2.53. The molecule has 0 bridgehead atoms. The van der Waals surface area contributed by atoms with Gasteiger partial charge in [0.1, 0.15) is 0 Å². The summed E-state index contributed by atoms with van der Waals surface area (Å²) in [7, 11) is 0. The Morgan fingerprint density at radius 2 is 1.82 bits per heavy atom. The number of piperidine rings is 1. The number of rotatable bonds is 3. The summed E-state index contributed by atoms with van der Waals surface area (Å²) in [5, 5.41) is 3.48. The van der Waals surface area contributed by atoms with Gasteiger partial charge < -0.3 is 16.0 Å². The van der Waals surface area contributed by atoms with Gasteiger partial charge in [-0.15, -0.1) is 24.8 Å². The molecule has 2 heterocycles. The highest BCUT2D eigenvalue weighted by Crippen LogP contribution is 2.28. The van der Waals surface area contributed by atoms with Crippen LogP contribution in [0.2, 0.25) is 0 Å². The van der Waals surface area contributed by atoms with Gasteiger partial charge in [-0.05, 0) is 64.2 Å². The topological polar surface area (TPSA) is 41.3 Å². The van der Waals surface area contributed by atoms with E-state index in [1.165, 1.54) is 45.4 Å². The molecule has 2 aliphatic rings. The van der Waals surface area contributed by atoms with Crippen molar-refractivity contribution in [1.29, 1.82) is 0 Å². The summed E-state index contributed by atoms with van der Waals surface area (Å²) in [5.41, 5.74) is 5.83. The molecule has 5 heteroatoms. The lowest BCUT2D eigenvalue weighted by atomic mass is 9.84. The molecule has 2 atom stereocenters. The molecule has 0 aromatic rings. The number of hydrogen-bond donors (Lipinski definition) is 2. The molecule has 2 saturated heterocycles. The molecule has 0 saturated carbocycles. The number of halogens is 2. The van der Waals surface area contributed by atoms with E-state index in [-0.39, 0.29) is 24.8 Å². The molecule has 3 nitrogen and oxygen atoms in total. The molecule has 0 radical (unpaired) electrons. The summed E-state index contributed by atoms with van der Waals surface area (Å²) < 4.78 is 0. The molecule has 3 N–H and O–H groups in total. The van der Waals surface area contributed by atoms with Crippen LogP contribution in [0.1, 0.15) is 26.2 Å². The molecule has 0 aromatic carbocycles. The van der Waals surface area contributed by atoms with Crippen LogP contribution in [0.4, 0.5) is 0 Å². The van der Waals surface area contributed by atoms with Crippen LogP contribution >= 0.6 is 24.8 Å². The fourth-order valence-corrected chi connectivity index (χ4v) is 3.09. The predicted molar refractivity (Wildman–Crippen MR) is 78.3 cm³/mol. The van der Waals surface area contributed by atoms with Crippen LogP contribution in [0.25, 0.3) is 0 Å². The summed E-state index contributed by atoms with van der Waals surface area (Å²) in [5.74, 6) is 1.94. The molecule has 2 rings (SSSR count). The lowest BCUT2D eigenvalue weighted by molar-refractivity contribution is 0.148. The van der Waals surface area contributed by atoms with Gasteiger partial charge in [0.25, 0.3) is 0 Å². The van der Waals surface area contributed by atoms with Crippen LogP contribution in [-0.4, -0.2) is 43.7 Å². The van der Waals surface area contributed by atoms with Crippen LogP contribution in [0.5, 0.6) is 0 Å². The van der Waals surface area contributed by atoms with E-state index in [4.69, 9.17) is 5.73 Å². The minimum Gasteiger partial charge on any atom is -0.327 e. The maximum atomic E-state index is 5.83. The highest BCUT2D eigenvalue weighted by atomic mass is 35.5. The molecule has 2 fully saturated rings. The second kappa shape index (κ2) is 8.54. The highest BCUT2D eigenvalue weighted by molar-refractivity contribution is 5.85. The third-order valence-electron chi connectivity index (χ3n) is 3.94. The van der Waals surface area contributed by atoms with Gasteiger partial charge in [0, 0.05) is 12.6 Å². The van der Waals surface area contributed by atoms with Crippen molar-refractivity contribution in [2.24, 2.45) is 17.6 Å². The van der Waals surface area contributed by atoms with E-state index >= 15 is 0 Å². The van der Waals surface area contributed by atoms with Crippen molar-refractivity contribution in [2.75, 3.05) is 32.7 Å². The number of hydrogen-bond acceptors (Lipinski definition) is 3. The Morgan fingerprint density at radius 3 is 2.29 bits per heavy atom. The quantitative estimate of drug-likeness (QED) is 0.825. The monoisotopic (exact) mass is 283 g/mol. The molecule has 2 unspecified atom stereocenters. The van der Waals surface area contributed by atoms with Crippen molar-refractivity contribution >= 4 is 24.8 Å². The van der Waals surface area contributed by atoms with E-state index in [9.17, 15) is 0 Å². The molecule has 104 valence electrons. The van der Waals surface area contributed by atoms with Crippen molar-refractivity contribution in [1.82, 2.24) is 10.2 Å². The second-order valence-corrected chi connectivity index (χ2v) is 5.37. The lowest BCUT2D eigenvalue weighted by Crippen LogP contribution is -2.42. The Bertz CT molecular complexity index is 188. The van der Waals surface area contributed by atoms with Crippen LogP contribution in [0.3, 0.4) is 0 Å². The van der Waals surface area contributed by atoms with Gasteiger partial charge in [0.2, 0.25) is 0 Å². The van der Waals surface area contributed by atoms with Gasteiger partial charge in [-0.3, -0.25) is 0 Å². The molecule has 0 amide bonds. The first kappa shape index (κ1) is 17.5. The summed E-state index contributed by atoms with van der Waals surface area (Å²) in [6, 6.07) is 0.328. The van der Waals surface area contributed by atoms with Crippen LogP contribution < -0.4 is 11.1 Å². The largest absolute Gasteiger partial charge is 0.327 e. The average molecular weight is 284 g/mol. The first-order valence-corrected chi connectivity index (χ1v) is 6.44. The maximum Gasteiger partial charge on any atom is 0.0139 e. The van der Waals surface area contributed by atoms with Crippen LogP contribution in [0.15, 0.2) is 0 Å². The summed E-state index contributed by atoms with van der Waals surface area (Å²) >= 11 is 0. The average Bonchev–Trinajstić information content (AvgIpc) is 2.71. The Hall–Kier alpha value is 0.460. The SMILES string of the molecule is CC(N)CN1CCC(C2CCNC2)CC1.Cl.Cl. The van der Waals surface area contributed by atoms with Crippen molar-refractivity contribution in [3.05, 3.63) is 0 Å². The number of nitrogens with two attached hydrogens (primary N) is 1. The van der Waals surface area contributed by atoms with E-state index in [0.717, 1.165) is 18.4 Å². The van der Waals surface area contributed by atoms with Gasteiger partial charge in [0.05, 0.1) is 0 Å². The molecule has 0 aliphatic carbocycles. The molecule has 0 spiro atoms. The zero-order valence-electron chi connectivity index (χ0n) is 10.7. The van der Waals surface area contributed by atoms with E-state index in [2.05, 4.69) is 17.1 Å². The standard InChI is InChI=1S/C12H25N3.2ClH/c1-10(13)9-15-6-3-11(4-7-15)12-2-5-14-8-12;;/h10-12,14H,2-9,13H2,1H3;2*1H. The minimum atomic E-state index is 0. The molecular formula is C12H27Cl2N3. The van der Waals surface area contributed by atoms with E-state index in [1.807, 2.05) is 0 Å². The Labute approximate surface area is 118 Å². The van der Waals surface area contributed by atoms with Gasteiger partial charge in [-0.2, -0.15) is 0 Å². The molecule has 17 heavy (non-hydrogen) atoms. The molecule has 0 aromatic heterocycles. The van der Waals surface area contributed by atoms with Crippen molar-refractivity contribution in [3.8, 4) is 0 Å². The third kappa shape index (κ3) is 5.31. The normalized spacial score (nSPS) is 28.2. The Morgan fingerprint density at radius 1 is 1.18 bits per heavy atom. The minimum absolute atomic E-state index is 0. The van der Waals surface area contributed by atoms with Gasteiger partial charge in [0.15, 0.2) is 0 Å². The molecule has 2 aliphatic heterocycles. The zero-order valence-corrected chi connectivity index (χ0v) is 12.4. The number of nitrogens with zero attached hydrogens (tertiary/aromatic N) is 1. The van der Waals surface area contributed by atoms with E-state index in [1.54, 1.807) is 0 Å². The Kier molecular flexibility index (Phi) is 8.77. The lowest BCUT2D eigenvalue weighted by Gasteiger charge is -2.35. The predicted octanol–water partition coefficient (Wildman–Crippen LogP) is 1.50. The van der Waals surface area contributed by atoms with Gasteiger partial charge >= 0.3 is 0 Å². The Balaban J connectivity index is 0.00000128. The zero-order chi connectivity index (χ0) is 10.7. The number of likely N-dealkylation sites (tertiary alicyclic amines) is 1.